The monoisotopic (exact) mass is 317 g/mol. The molecule has 3 rings (SSSR count). The highest BCUT2D eigenvalue weighted by Crippen LogP contribution is 2.43. The van der Waals surface area contributed by atoms with E-state index in [9.17, 15) is 4.79 Å². The average Bonchev–Trinajstić information content (AvgIpc) is 3.13. The Morgan fingerprint density at radius 1 is 1.22 bits per heavy atom. The molecule has 0 unspecified atom stereocenters. The molecule has 1 amide bonds. The van der Waals surface area contributed by atoms with E-state index < -0.39 is 0 Å². The van der Waals surface area contributed by atoms with E-state index in [2.05, 4.69) is 10.2 Å². The van der Waals surface area contributed by atoms with Gasteiger partial charge < -0.3 is 19.1 Å². The Balaban J connectivity index is 1.96. The number of fused-ring (bicyclic) bond motifs is 1. The number of hydrogen-bond acceptors (Lipinski definition) is 5. The average molecular weight is 317 g/mol. The van der Waals surface area contributed by atoms with Gasteiger partial charge in [0.2, 0.25) is 5.75 Å². The Hall–Kier alpha value is -2.70. The highest BCUT2D eigenvalue weighted by Gasteiger charge is 2.28. The van der Waals surface area contributed by atoms with E-state index in [0.29, 0.717) is 42.3 Å². The largest absolute Gasteiger partial charge is 0.493 e. The van der Waals surface area contributed by atoms with Crippen LogP contribution in [0.4, 0.5) is 0 Å². The summed E-state index contributed by atoms with van der Waals surface area (Å²) < 4.78 is 16.3. The van der Waals surface area contributed by atoms with Crippen LogP contribution in [-0.4, -0.2) is 48.9 Å². The number of ether oxygens (including phenoxy) is 3. The minimum Gasteiger partial charge on any atom is -0.493 e. The molecule has 1 aromatic heterocycles. The Bertz CT molecular complexity index is 713. The molecule has 0 saturated heterocycles. The second kappa shape index (κ2) is 6.20. The summed E-state index contributed by atoms with van der Waals surface area (Å²) in [5, 5.41) is 6.50. The number of nitrogens with zero attached hydrogens (tertiary/aromatic N) is 2. The molecular weight excluding hydrogens is 298 g/mol. The molecule has 0 aliphatic carbocycles. The van der Waals surface area contributed by atoms with Crippen LogP contribution in [0.25, 0.3) is 0 Å². The number of aromatic amines is 1. The van der Waals surface area contributed by atoms with E-state index in [-0.39, 0.29) is 5.91 Å². The Kier molecular flexibility index (Phi) is 4.10. The van der Waals surface area contributed by atoms with Crippen molar-refractivity contribution < 1.29 is 19.0 Å². The number of nitrogens with one attached hydrogen (secondary N) is 1. The zero-order valence-corrected chi connectivity index (χ0v) is 13.4. The normalized spacial score (nSPS) is 13.4. The molecule has 0 bridgehead atoms. The van der Waals surface area contributed by atoms with Gasteiger partial charge in [0.1, 0.15) is 0 Å². The van der Waals surface area contributed by atoms with Crippen LogP contribution in [0, 0.1) is 0 Å². The summed E-state index contributed by atoms with van der Waals surface area (Å²) in [6.07, 6.45) is 3.84. The number of rotatable bonds is 4. The molecule has 1 aliphatic rings. The maximum Gasteiger partial charge on any atom is 0.257 e. The maximum absolute atomic E-state index is 12.5. The molecule has 0 fully saturated rings. The van der Waals surface area contributed by atoms with Crippen LogP contribution in [0.1, 0.15) is 21.5 Å². The van der Waals surface area contributed by atoms with Crippen LogP contribution >= 0.6 is 0 Å². The van der Waals surface area contributed by atoms with Crippen LogP contribution in [-0.2, 0) is 13.0 Å². The maximum atomic E-state index is 12.5. The van der Waals surface area contributed by atoms with E-state index in [1.54, 1.807) is 32.4 Å². The van der Waals surface area contributed by atoms with Gasteiger partial charge in [-0.2, -0.15) is 5.10 Å². The standard InChI is InChI=1S/C16H19N3O4/c1-21-13-6-10-9-19(16(20)11-7-17-18-8-11)5-4-12(10)14(22-2)15(13)23-3/h6-8H,4-5,9H2,1-3H3,(H,17,18). The number of methoxy groups -OCH3 is 3. The quantitative estimate of drug-likeness (QED) is 0.927. The molecule has 0 radical (unpaired) electrons. The third-order valence-corrected chi connectivity index (χ3v) is 4.05. The lowest BCUT2D eigenvalue weighted by molar-refractivity contribution is 0.0733. The summed E-state index contributed by atoms with van der Waals surface area (Å²) in [4.78, 5) is 14.3. The van der Waals surface area contributed by atoms with E-state index in [1.807, 2.05) is 6.07 Å². The molecule has 7 heteroatoms. The minimum atomic E-state index is -0.0434. The number of H-pyrrole nitrogens is 1. The van der Waals surface area contributed by atoms with Gasteiger partial charge in [0.15, 0.2) is 11.5 Å². The zero-order chi connectivity index (χ0) is 16.4. The molecule has 0 atom stereocenters. The molecule has 1 aliphatic heterocycles. The fourth-order valence-corrected chi connectivity index (χ4v) is 2.94. The van der Waals surface area contributed by atoms with Crippen molar-refractivity contribution in [3.8, 4) is 17.2 Å². The number of carbonyl (C=O) groups excluding carboxylic acids is 1. The molecule has 2 aromatic rings. The highest BCUT2D eigenvalue weighted by atomic mass is 16.5. The third kappa shape index (κ3) is 2.58. The summed E-state index contributed by atoms with van der Waals surface area (Å²) >= 11 is 0. The first kappa shape index (κ1) is 15.2. The number of carbonyl (C=O) groups is 1. The fourth-order valence-electron chi connectivity index (χ4n) is 2.94. The van der Waals surface area contributed by atoms with Crippen molar-refractivity contribution in [2.45, 2.75) is 13.0 Å². The van der Waals surface area contributed by atoms with Crippen molar-refractivity contribution >= 4 is 5.91 Å². The minimum absolute atomic E-state index is 0.0434. The van der Waals surface area contributed by atoms with Gasteiger partial charge in [0, 0.05) is 24.8 Å². The predicted octanol–water partition coefficient (Wildman–Crippen LogP) is 1.63. The molecule has 7 nitrogen and oxygen atoms in total. The van der Waals surface area contributed by atoms with Crippen molar-refractivity contribution in [3.05, 3.63) is 35.2 Å². The van der Waals surface area contributed by atoms with Gasteiger partial charge in [-0.1, -0.05) is 0 Å². The fraction of sp³-hybridized carbons (Fsp3) is 0.375. The number of aromatic nitrogens is 2. The summed E-state index contributed by atoms with van der Waals surface area (Å²) in [7, 11) is 4.78. The van der Waals surface area contributed by atoms with Crippen LogP contribution in [0.3, 0.4) is 0 Å². The van der Waals surface area contributed by atoms with Crippen LogP contribution in [0.5, 0.6) is 17.2 Å². The van der Waals surface area contributed by atoms with E-state index in [4.69, 9.17) is 14.2 Å². The van der Waals surface area contributed by atoms with Crippen molar-refractivity contribution in [2.75, 3.05) is 27.9 Å². The summed E-state index contributed by atoms with van der Waals surface area (Å²) in [6, 6.07) is 1.91. The lowest BCUT2D eigenvalue weighted by atomic mass is 9.97. The van der Waals surface area contributed by atoms with Crippen molar-refractivity contribution in [1.82, 2.24) is 15.1 Å². The van der Waals surface area contributed by atoms with E-state index in [1.165, 1.54) is 6.20 Å². The van der Waals surface area contributed by atoms with E-state index >= 15 is 0 Å². The van der Waals surface area contributed by atoms with Crippen molar-refractivity contribution in [2.24, 2.45) is 0 Å². The number of amides is 1. The highest BCUT2D eigenvalue weighted by molar-refractivity contribution is 5.93. The Morgan fingerprint density at radius 3 is 2.61 bits per heavy atom. The molecule has 1 aromatic carbocycles. The smallest absolute Gasteiger partial charge is 0.257 e. The van der Waals surface area contributed by atoms with Gasteiger partial charge in [0.05, 0.1) is 33.1 Å². The second-order valence-electron chi connectivity index (χ2n) is 5.25. The van der Waals surface area contributed by atoms with Gasteiger partial charge in [-0.05, 0) is 18.1 Å². The molecule has 2 heterocycles. The van der Waals surface area contributed by atoms with E-state index in [0.717, 1.165) is 11.1 Å². The van der Waals surface area contributed by atoms with Gasteiger partial charge in [-0.15, -0.1) is 0 Å². The Morgan fingerprint density at radius 2 is 2.00 bits per heavy atom. The Labute approximate surface area is 134 Å². The molecule has 1 N–H and O–H groups in total. The lowest BCUT2D eigenvalue weighted by Crippen LogP contribution is -2.36. The first-order valence-corrected chi connectivity index (χ1v) is 7.28. The topological polar surface area (TPSA) is 76.7 Å². The number of benzene rings is 1. The zero-order valence-electron chi connectivity index (χ0n) is 13.4. The second-order valence-corrected chi connectivity index (χ2v) is 5.25. The predicted molar refractivity (Wildman–Crippen MR) is 83.1 cm³/mol. The summed E-state index contributed by atoms with van der Waals surface area (Å²) in [5.41, 5.74) is 2.62. The van der Waals surface area contributed by atoms with Gasteiger partial charge in [-0.3, -0.25) is 9.89 Å². The summed E-state index contributed by atoms with van der Waals surface area (Å²) in [5.74, 6) is 1.82. The third-order valence-electron chi connectivity index (χ3n) is 4.05. The van der Waals surface area contributed by atoms with Crippen molar-refractivity contribution in [1.29, 1.82) is 0 Å². The van der Waals surface area contributed by atoms with Crippen LogP contribution in [0.15, 0.2) is 18.5 Å². The van der Waals surface area contributed by atoms with Gasteiger partial charge in [0.25, 0.3) is 5.91 Å². The first-order chi connectivity index (χ1) is 11.2. The van der Waals surface area contributed by atoms with Crippen molar-refractivity contribution in [3.63, 3.8) is 0 Å². The molecule has 0 saturated carbocycles. The molecular formula is C16H19N3O4. The van der Waals surface area contributed by atoms with Gasteiger partial charge in [-0.25, -0.2) is 0 Å². The number of hydrogen-bond donors (Lipinski definition) is 1. The SMILES string of the molecule is COc1cc2c(c(OC)c1OC)CCN(C(=O)c1cn[nH]c1)C2. The van der Waals surface area contributed by atoms with Crippen LogP contribution < -0.4 is 14.2 Å². The molecule has 23 heavy (non-hydrogen) atoms. The summed E-state index contributed by atoms with van der Waals surface area (Å²) in [6.45, 7) is 1.11. The molecule has 122 valence electrons. The molecule has 0 spiro atoms. The van der Waals surface area contributed by atoms with Gasteiger partial charge >= 0.3 is 0 Å². The first-order valence-electron chi connectivity index (χ1n) is 7.28. The lowest BCUT2D eigenvalue weighted by Gasteiger charge is -2.30. The van der Waals surface area contributed by atoms with Crippen LogP contribution in [0.2, 0.25) is 0 Å².